The number of rotatable bonds is 2. The van der Waals surface area contributed by atoms with E-state index in [4.69, 9.17) is 0 Å². The minimum atomic E-state index is 0.104. The third-order valence-electron chi connectivity index (χ3n) is 5.48. The van der Waals surface area contributed by atoms with Crippen LogP contribution in [0.25, 0.3) is 0 Å². The second-order valence-electron chi connectivity index (χ2n) is 6.86. The Morgan fingerprint density at radius 2 is 2.04 bits per heavy atom. The summed E-state index contributed by atoms with van der Waals surface area (Å²) in [5.41, 5.74) is 1.99. The molecule has 1 amide bonds. The zero-order valence-corrected chi connectivity index (χ0v) is 14.1. The van der Waals surface area contributed by atoms with Crippen molar-refractivity contribution in [2.24, 2.45) is 7.05 Å². The average molecular weight is 324 g/mol. The Labute approximate surface area is 142 Å². The number of nitrogens with one attached hydrogen (secondary N) is 1. The van der Waals surface area contributed by atoms with E-state index in [1.54, 1.807) is 10.9 Å². The molecule has 5 nitrogen and oxygen atoms in total. The van der Waals surface area contributed by atoms with Gasteiger partial charge in [0.1, 0.15) is 5.69 Å². The second kappa shape index (κ2) is 6.40. The van der Waals surface area contributed by atoms with Crippen molar-refractivity contribution in [1.29, 1.82) is 0 Å². The second-order valence-corrected chi connectivity index (χ2v) is 6.86. The molecule has 0 aliphatic carbocycles. The van der Waals surface area contributed by atoms with E-state index in [0.29, 0.717) is 17.7 Å². The Morgan fingerprint density at radius 1 is 1.21 bits per heavy atom. The molecule has 0 spiro atoms. The Bertz CT molecular complexity index is 711. The summed E-state index contributed by atoms with van der Waals surface area (Å²) in [5, 5.41) is 7.88. The lowest BCUT2D eigenvalue weighted by atomic mass is 9.90. The summed E-state index contributed by atoms with van der Waals surface area (Å²) in [7, 11) is 1.83. The van der Waals surface area contributed by atoms with Crippen LogP contribution in [0.5, 0.6) is 0 Å². The standard InChI is InChI=1S/C19H24N4O/c1-22-17(10-12-21-22)19(24)23-13-15(14-7-3-2-4-8-14)18-16(23)9-5-6-11-20-18/h2-4,7-8,10,12,15-16,18,20H,5-6,9,11,13H2,1H3/t15-,16-,18-/m0/s1. The van der Waals surface area contributed by atoms with Gasteiger partial charge in [-0.05, 0) is 31.0 Å². The van der Waals surface area contributed by atoms with Crippen molar-refractivity contribution in [1.82, 2.24) is 20.0 Å². The fraction of sp³-hybridized carbons (Fsp3) is 0.474. The van der Waals surface area contributed by atoms with Gasteiger partial charge in [0.15, 0.2) is 0 Å². The van der Waals surface area contributed by atoms with Crippen LogP contribution in [0, 0.1) is 0 Å². The van der Waals surface area contributed by atoms with Gasteiger partial charge in [-0.2, -0.15) is 5.10 Å². The lowest BCUT2D eigenvalue weighted by Crippen LogP contribution is -2.44. The van der Waals surface area contributed by atoms with Crippen molar-refractivity contribution in [3.8, 4) is 0 Å². The highest BCUT2D eigenvalue weighted by Crippen LogP contribution is 2.36. The number of carbonyl (C=O) groups excluding carboxylic acids is 1. The molecule has 2 saturated heterocycles. The van der Waals surface area contributed by atoms with Gasteiger partial charge in [0.2, 0.25) is 0 Å². The normalized spacial score (nSPS) is 26.9. The first-order valence-electron chi connectivity index (χ1n) is 8.83. The molecule has 2 aliphatic heterocycles. The predicted octanol–water partition coefficient (Wildman–Crippen LogP) is 2.17. The minimum absolute atomic E-state index is 0.104. The van der Waals surface area contributed by atoms with Crippen molar-refractivity contribution >= 4 is 5.91 Å². The molecular weight excluding hydrogens is 300 g/mol. The topological polar surface area (TPSA) is 50.2 Å². The van der Waals surface area contributed by atoms with Crippen LogP contribution < -0.4 is 5.32 Å². The molecule has 126 valence electrons. The predicted molar refractivity (Wildman–Crippen MR) is 92.9 cm³/mol. The number of amides is 1. The van der Waals surface area contributed by atoms with Crippen LogP contribution in [-0.2, 0) is 7.05 Å². The molecule has 0 saturated carbocycles. The van der Waals surface area contributed by atoms with Crippen LogP contribution in [0.2, 0.25) is 0 Å². The van der Waals surface area contributed by atoms with E-state index in [1.807, 2.05) is 13.1 Å². The maximum Gasteiger partial charge on any atom is 0.272 e. The number of hydrogen-bond donors (Lipinski definition) is 1. The summed E-state index contributed by atoms with van der Waals surface area (Å²) in [6.45, 7) is 1.81. The molecule has 24 heavy (non-hydrogen) atoms. The van der Waals surface area contributed by atoms with Gasteiger partial charge in [-0.15, -0.1) is 0 Å². The van der Waals surface area contributed by atoms with Crippen molar-refractivity contribution in [3.63, 3.8) is 0 Å². The number of benzene rings is 1. The smallest absolute Gasteiger partial charge is 0.272 e. The summed E-state index contributed by atoms with van der Waals surface area (Å²) < 4.78 is 1.68. The van der Waals surface area contributed by atoms with E-state index in [2.05, 4.69) is 45.6 Å². The highest BCUT2D eigenvalue weighted by molar-refractivity contribution is 5.93. The molecule has 0 bridgehead atoms. The van der Waals surface area contributed by atoms with E-state index in [0.717, 1.165) is 19.5 Å². The molecule has 0 radical (unpaired) electrons. The molecule has 1 N–H and O–H groups in total. The summed E-state index contributed by atoms with van der Waals surface area (Å²) >= 11 is 0. The van der Waals surface area contributed by atoms with Crippen LogP contribution in [-0.4, -0.2) is 45.8 Å². The molecular formula is C19H24N4O. The van der Waals surface area contributed by atoms with Crippen molar-refractivity contribution in [2.45, 2.75) is 37.3 Å². The number of fused-ring (bicyclic) bond motifs is 1. The largest absolute Gasteiger partial charge is 0.332 e. The van der Waals surface area contributed by atoms with Gasteiger partial charge >= 0.3 is 0 Å². The summed E-state index contributed by atoms with van der Waals surface area (Å²) in [4.78, 5) is 15.2. The molecule has 2 aliphatic rings. The van der Waals surface area contributed by atoms with Gasteiger partial charge in [0.05, 0.1) is 0 Å². The maximum atomic E-state index is 13.1. The first kappa shape index (κ1) is 15.4. The molecule has 2 aromatic rings. The summed E-state index contributed by atoms with van der Waals surface area (Å²) in [5.74, 6) is 0.457. The molecule has 3 heterocycles. The van der Waals surface area contributed by atoms with Crippen LogP contribution in [0.3, 0.4) is 0 Å². The van der Waals surface area contributed by atoms with E-state index in [1.165, 1.54) is 18.4 Å². The van der Waals surface area contributed by atoms with Crippen LogP contribution in [0.1, 0.15) is 41.2 Å². The first-order valence-corrected chi connectivity index (χ1v) is 8.83. The number of hydrogen-bond acceptors (Lipinski definition) is 3. The molecule has 5 heteroatoms. The van der Waals surface area contributed by atoms with E-state index >= 15 is 0 Å². The molecule has 1 aromatic heterocycles. The fourth-order valence-corrected chi connectivity index (χ4v) is 4.26. The van der Waals surface area contributed by atoms with Crippen molar-refractivity contribution < 1.29 is 4.79 Å². The van der Waals surface area contributed by atoms with Gasteiger partial charge in [0.25, 0.3) is 5.91 Å². The average Bonchev–Trinajstić information content (AvgIpc) is 3.11. The molecule has 4 rings (SSSR count). The third kappa shape index (κ3) is 2.63. The quantitative estimate of drug-likeness (QED) is 0.921. The van der Waals surface area contributed by atoms with E-state index < -0.39 is 0 Å². The lowest BCUT2D eigenvalue weighted by Gasteiger charge is -2.27. The van der Waals surface area contributed by atoms with E-state index in [9.17, 15) is 4.79 Å². The lowest BCUT2D eigenvalue weighted by molar-refractivity contribution is 0.0710. The Hall–Kier alpha value is -2.14. The van der Waals surface area contributed by atoms with Crippen molar-refractivity contribution in [3.05, 3.63) is 53.9 Å². The number of aryl methyl sites for hydroxylation is 1. The van der Waals surface area contributed by atoms with Gasteiger partial charge < -0.3 is 10.2 Å². The van der Waals surface area contributed by atoms with Crippen LogP contribution in [0.4, 0.5) is 0 Å². The van der Waals surface area contributed by atoms with Gasteiger partial charge in [-0.25, -0.2) is 0 Å². The van der Waals surface area contributed by atoms with Gasteiger partial charge in [0, 0.05) is 37.8 Å². The number of nitrogens with zero attached hydrogens (tertiary/aromatic N) is 3. The highest BCUT2D eigenvalue weighted by Gasteiger charge is 2.45. The maximum absolute atomic E-state index is 13.1. The SMILES string of the molecule is Cn1nccc1C(=O)N1C[C@@H](c2ccccc2)[C@@H]2NCCCC[C@@H]21. The van der Waals surface area contributed by atoms with E-state index in [-0.39, 0.29) is 11.9 Å². The molecule has 3 atom stereocenters. The summed E-state index contributed by atoms with van der Waals surface area (Å²) in [6.07, 6.45) is 5.12. The number of likely N-dealkylation sites (tertiary alicyclic amines) is 1. The number of carbonyl (C=O) groups is 1. The minimum Gasteiger partial charge on any atom is -0.332 e. The zero-order chi connectivity index (χ0) is 16.5. The zero-order valence-electron chi connectivity index (χ0n) is 14.1. The third-order valence-corrected chi connectivity index (χ3v) is 5.48. The Kier molecular flexibility index (Phi) is 4.10. The summed E-state index contributed by atoms with van der Waals surface area (Å²) in [6, 6.07) is 13.0. The van der Waals surface area contributed by atoms with Crippen LogP contribution in [0.15, 0.2) is 42.6 Å². The molecule has 1 aromatic carbocycles. The highest BCUT2D eigenvalue weighted by atomic mass is 16.2. The van der Waals surface area contributed by atoms with Crippen LogP contribution >= 0.6 is 0 Å². The van der Waals surface area contributed by atoms with Gasteiger partial charge in [-0.1, -0.05) is 36.8 Å². The fourth-order valence-electron chi connectivity index (χ4n) is 4.26. The Morgan fingerprint density at radius 3 is 2.79 bits per heavy atom. The van der Waals surface area contributed by atoms with Gasteiger partial charge in [-0.3, -0.25) is 9.48 Å². The monoisotopic (exact) mass is 324 g/mol. The Balaban J connectivity index is 1.67. The van der Waals surface area contributed by atoms with Crippen molar-refractivity contribution in [2.75, 3.05) is 13.1 Å². The molecule has 2 fully saturated rings. The first-order chi connectivity index (χ1) is 11.8. The molecule has 0 unspecified atom stereocenters. The number of aromatic nitrogens is 2.